The van der Waals surface area contributed by atoms with E-state index in [1.54, 1.807) is 10.4 Å². The number of amides is 1. The van der Waals surface area contributed by atoms with Crippen LogP contribution < -0.4 is 0 Å². The van der Waals surface area contributed by atoms with Crippen LogP contribution in [0.2, 0.25) is 0 Å². The van der Waals surface area contributed by atoms with Gasteiger partial charge < -0.3 is 9.42 Å². The van der Waals surface area contributed by atoms with E-state index < -0.39 is 10.0 Å². The van der Waals surface area contributed by atoms with Crippen molar-refractivity contribution in [1.29, 1.82) is 0 Å². The van der Waals surface area contributed by atoms with Crippen LogP contribution in [-0.4, -0.2) is 77.8 Å². The second-order valence-corrected chi connectivity index (χ2v) is 10.5. The predicted molar refractivity (Wildman–Crippen MR) is 118 cm³/mol. The van der Waals surface area contributed by atoms with Crippen molar-refractivity contribution >= 4 is 15.9 Å². The van der Waals surface area contributed by atoms with E-state index in [0.29, 0.717) is 62.2 Å². The van der Waals surface area contributed by atoms with Gasteiger partial charge in [0.2, 0.25) is 21.8 Å². The van der Waals surface area contributed by atoms with E-state index in [0.717, 1.165) is 37.1 Å². The zero-order valence-electron chi connectivity index (χ0n) is 18.8. The summed E-state index contributed by atoms with van der Waals surface area (Å²) in [7, 11) is -3.50. The van der Waals surface area contributed by atoms with E-state index in [4.69, 9.17) is 4.52 Å². The molecular weight excluding hydrogens is 430 g/mol. The maximum Gasteiger partial charge on any atom is 0.243 e. The molecule has 9 nitrogen and oxygen atoms in total. The first-order chi connectivity index (χ1) is 15.3. The van der Waals surface area contributed by atoms with E-state index in [1.807, 2.05) is 30.9 Å². The van der Waals surface area contributed by atoms with Crippen LogP contribution in [0.3, 0.4) is 0 Å². The molecule has 2 aromatic rings. The summed E-state index contributed by atoms with van der Waals surface area (Å²) < 4.78 is 33.0. The molecule has 4 rings (SSSR count). The van der Waals surface area contributed by atoms with Gasteiger partial charge in [-0.3, -0.25) is 9.69 Å². The summed E-state index contributed by atoms with van der Waals surface area (Å²) >= 11 is 0. The molecule has 0 atom stereocenters. The van der Waals surface area contributed by atoms with Gasteiger partial charge in [-0.05, 0) is 38.3 Å². The summed E-state index contributed by atoms with van der Waals surface area (Å²) in [5.74, 6) is 1.19. The molecule has 1 aromatic heterocycles. The van der Waals surface area contributed by atoms with Crippen molar-refractivity contribution in [3.05, 3.63) is 41.0 Å². The second kappa shape index (κ2) is 9.68. The van der Waals surface area contributed by atoms with Crippen molar-refractivity contribution in [3.8, 4) is 0 Å². The molecule has 0 N–H and O–H groups in total. The molecule has 0 aliphatic carbocycles. The van der Waals surface area contributed by atoms with Crippen LogP contribution in [0.4, 0.5) is 0 Å². The van der Waals surface area contributed by atoms with Gasteiger partial charge in [0.1, 0.15) is 0 Å². The Labute approximate surface area is 189 Å². The number of hydrogen-bond acceptors (Lipinski definition) is 7. The summed E-state index contributed by atoms with van der Waals surface area (Å²) in [4.78, 5) is 21.0. The van der Waals surface area contributed by atoms with Gasteiger partial charge in [0.05, 0.1) is 11.4 Å². The predicted octanol–water partition coefficient (Wildman–Crippen LogP) is 1.75. The van der Waals surface area contributed by atoms with Crippen LogP contribution in [-0.2, 0) is 27.8 Å². The second-order valence-electron chi connectivity index (χ2n) is 8.64. The monoisotopic (exact) mass is 461 g/mol. The molecule has 0 radical (unpaired) electrons. The number of benzene rings is 1. The van der Waals surface area contributed by atoms with Gasteiger partial charge in [0, 0.05) is 52.1 Å². The Morgan fingerprint density at radius 2 is 1.78 bits per heavy atom. The Balaban J connectivity index is 1.27. The molecule has 10 heteroatoms. The lowest BCUT2D eigenvalue weighted by Crippen LogP contribution is -2.48. The number of nitrogens with zero attached hydrogens (tertiary/aromatic N) is 5. The Morgan fingerprint density at radius 1 is 1.06 bits per heavy atom. The van der Waals surface area contributed by atoms with Gasteiger partial charge in [0.15, 0.2) is 5.82 Å². The molecule has 3 heterocycles. The quantitative estimate of drug-likeness (QED) is 0.619. The number of piperazine rings is 1. The van der Waals surface area contributed by atoms with Crippen molar-refractivity contribution < 1.29 is 17.7 Å². The highest BCUT2D eigenvalue weighted by Gasteiger charge is 2.30. The lowest BCUT2D eigenvalue weighted by molar-refractivity contribution is -0.130. The number of carbonyl (C=O) groups is 1. The highest BCUT2D eigenvalue weighted by molar-refractivity contribution is 7.89. The molecule has 0 spiro atoms. The smallest absolute Gasteiger partial charge is 0.243 e. The molecule has 0 saturated carbocycles. The number of likely N-dealkylation sites (tertiary alicyclic amines) is 1. The largest absolute Gasteiger partial charge is 0.343 e. The van der Waals surface area contributed by atoms with Gasteiger partial charge in [0.25, 0.3) is 0 Å². The molecular formula is C22H31N5O4S. The molecule has 0 unspecified atom stereocenters. The Bertz CT molecular complexity index is 1050. The number of aromatic nitrogens is 2. The van der Waals surface area contributed by atoms with Crippen LogP contribution >= 0.6 is 0 Å². The fraction of sp³-hybridized carbons (Fsp3) is 0.591. The van der Waals surface area contributed by atoms with Crippen LogP contribution in [0.15, 0.2) is 27.6 Å². The number of carbonyl (C=O) groups excluding carboxylic acids is 1. The van der Waals surface area contributed by atoms with E-state index in [-0.39, 0.29) is 5.91 Å². The summed E-state index contributed by atoms with van der Waals surface area (Å²) in [5, 5.41) is 4.04. The lowest BCUT2D eigenvalue weighted by Gasteiger charge is -2.33. The molecule has 32 heavy (non-hydrogen) atoms. The van der Waals surface area contributed by atoms with Crippen molar-refractivity contribution in [2.45, 2.75) is 51.0 Å². The molecule has 2 fully saturated rings. The third-order valence-corrected chi connectivity index (χ3v) is 8.23. The van der Waals surface area contributed by atoms with Crippen LogP contribution in [0.25, 0.3) is 0 Å². The number of rotatable bonds is 7. The summed E-state index contributed by atoms with van der Waals surface area (Å²) in [6, 6.07) is 5.43. The minimum Gasteiger partial charge on any atom is -0.343 e. The van der Waals surface area contributed by atoms with Gasteiger partial charge in [-0.25, -0.2) is 8.42 Å². The fourth-order valence-corrected chi connectivity index (χ4v) is 5.98. The van der Waals surface area contributed by atoms with Gasteiger partial charge in [-0.1, -0.05) is 22.9 Å². The molecule has 0 bridgehead atoms. The number of hydrogen-bond donors (Lipinski definition) is 0. The van der Waals surface area contributed by atoms with E-state index in [9.17, 15) is 13.2 Å². The average molecular weight is 462 g/mol. The summed E-state index contributed by atoms with van der Waals surface area (Å²) in [6.07, 6.45) is 2.99. The summed E-state index contributed by atoms with van der Waals surface area (Å²) in [5.41, 5.74) is 1.82. The highest BCUT2D eigenvalue weighted by Crippen LogP contribution is 2.22. The lowest BCUT2D eigenvalue weighted by atomic mass is 10.2. The third-order valence-electron chi connectivity index (χ3n) is 6.17. The third kappa shape index (κ3) is 5.19. The minimum absolute atomic E-state index is 0.142. The van der Waals surface area contributed by atoms with Crippen LogP contribution in [0.5, 0.6) is 0 Å². The first-order valence-electron chi connectivity index (χ1n) is 11.2. The first-order valence-corrected chi connectivity index (χ1v) is 12.7. The van der Waals surface area contributed by atoms with Crippen molar-refractivity contribution in [3.63, 3.8) is 0 Å². The SMILES string of the molecule is Cc1ccc(S(=O)(=O)N2CCN(Cc3noc(CCC(=O)N4CCCC4)n3)CC2)c(C)c1. The molecule has 2 aliphatic heterocycles. The molecule has 1 aromatic carbocycles. The average Bonchev–Trinajstić information content (AvgIpc) is 3.44. The maximum atomic E-state index is 13.0. The normalized spacial score (nSPS) is 18.4. The minimum atomic E-state index is -3.50. The fourth-order valence-electron chi connectivity index (χ4n) is 4.35. The topological polar surface area (TPSA) is 99.8 Å². The summed E-state index contributed by atoms with van der Waals surface area (Å²) in [6.45, 7) is 8.02. The number of sulfonamides is 1. The van der Waals surface area contributed by atoms with Crippen LogP contribution in [0, 0.1) is 13.8 Å². The standard InChI is InChI=1S/C22H31N5O4S/c1-17-5-6-19(18(2)15-17)32(29,30)27-13-11-25(12-14-27)16-20-23-21(31-24-20)7-8-22(28)26-9-3-4-10-26/h5-6,15H,3-4,7-14,16H2,1-2H3. The Kier molecular flexibility index (Phi) is 6.92. The highest BCUT2D eigenvalue weighted by atomic mass is 32.2. The maximum absolute atomic E-state index is 13.0. The van der Waals surface area contributed by atoms with Crippen molar-refractivity contribution in [2.75, 3.05) is 39.3 Å². The van der Waals surface area contributed by atoms with E-state index in [2.05, 4.69) is 15.0 Å². The molecule has 2 aliphatic rings. The van der Waals surface area contributed by atoms with Gasteiger partial charge in [-0.15, -0.1) is 0 Å². The van der Waals surface area contributed by atoms with E-state index in [1.165, 1.54) is 0 Å². The van der Waals surface area contributed by atoms with Gasteiger partial charge in [-0.2, -0.15) is 9.29 Å². The zero-order valence-corrected chi connectivity index (χ0v) is 19.6. The zero-order chi connectivity index (χ0) is 22.7. The molecule has 1 amide bonds. The van der Waals surface area contributed by atoms with Gasteiger partial charge >= 0.3 is 0 Å². The van der Waals surface area contributed by atoms with E-state index >= 15 is 0 Å². The molecule has 174 valence electrons. The first kappa shape index (κ1) is 22.9. The van der Waals surface area contributed by atoms with Crippen molar-refractivity contribution in [1.82, 2.24) is 24.2 Å². The van der Waals surface area contributed by atoms with Crippen LogP contribution in [0.1, 0.15) is 42.1 Å². The van der Waals surface area contributed by atoms with Crippen molar-refractivity contribution in [2.24, 2.45) is 0 Å². The molecule has 2 saturated heterocycles. The number of aryl methyl sites for hydroxylation is 3. The Hall–Kier alpha value is -2.30. The Morgan fingerprint density at radius 3 is 2.47 bits per heavy atom.